The van der Waals surface area contributed by atoms with Gasteiger partial charge in [0.25, 0.3) is 0 Å². The number of carbonyl (C=O) groups is 1. The number of carbonyl (C=O) groups excluding carboxylic acids is 1. The summed E-state index contributed by atoms with van der Waals surface area (Å²) < 4.78 is 7.58. The van der Waals surface area contributed by atoms with Crippen molar-refractivity contribution in [2.24, 2.45) is 7.05 Å². The molecule has 3 rings (SSSR count). The van der Waals surface area contributed by atoms with E-state index < -0.39 is 0 Å². The lowest BCUT2D eigenvalue weighted by Gasteiger charge is -2.22. The van der Waals surface area contributed by atoms with Crippen molar-refractivity contribution in [2.75, 3.05) is 24.6 Å². The zero-order chi connectivity index (χ0) is 13.9. The molecule has 1 aliphatic rings. The molecule has 0 unspecified atom stereocenters. The van der Waals surface area contributed by atoms with Gasteiger partial charge in [-0.25, -0.2) is 0 Å². The van der Waals surface area contributed by atoms with Gasteiger partial charge < -0.3 is 14.2 Å². The minimum atomic E-state index is 0.134. The Hall–Kier alpha value is -2.23. The van der Waals surface area contributed by atoms with E-state index in [1.165, 1.54) is 0 Å². The number of para-hydroxylation sites is 2. The fourth-order valence-corrected chi connectivity index (χ4v) is 2.57. The molecule has 20 heavy (non-hydrogen) atoms. The molecule has 1 aromatic carbocycles. The van der Waals surface area contributed by atoms with Gasteiger partial charge in [0.1, 0.15) is 5.75 Å². The third kappa shape index (κ3) is 2.41. The molecule has 0 saturated heterocycles. The minimum Gasteiger partial charge on any atom is -0.491 e. The summed E-state index contributed by atoms with van der Waals surface area (Å²) in [5.41, 5.74) is 1.75. The molecule has 0 aliphatic carbocycles. The lowest BCUT2D eigenvalue weighted by atomic mass is 10.2. The fraction of sp³-hybridized carbons (Fsp3) is 0.312. The SMILES string of the molecule is Cn1cccc1C(=O)CN1CCCOc2ccccc21. The van der Waals surface area contributed by atoms with Crippen molar-refractivity contribution >= 4 is 11.5 Å². The van der Waals surface area contributed by atoms with Crippen molar-refractivity contribution < 1.29 is 9.53 Å². The first-order valence-corrected chi connectivity index (χ1v) is 6.87. The number of anilines is 1. The predicted molar refractivity (Wildman–Crippen MR) is 78.5 cm³/mol. The molecule has 0 N–H and O–H groups in total. The molecule has 0 amide bonds. The number of ether oxygens (including phenoxy) is 1. The maximum absolute atomic E-state index is 12.4. The van der Waals surface area contributed by atoms with E-state index in [1.54, 1.807) is 0 Å². The summed E-state index contributed by atoms with van der Waals surface area (Å²) in [6, 6.07) is 11.7. The first kappa shape index (κ1) is 12.8. The van der Waals surface area contributed by atoms with Gasteiger partial charge in [0.2, 0.25) is 0 Å². The smallest absolute Gasteiger partial charge is 0.198 e. The van der Waals surface area contributed by atoms with Crippen molar-refractivity contribution in [1.82, 2.24) is 4.57 Å². The summed E-state index contributed by atoms with van der Waals surface area (Å²) in [5.74, 6) is 0.999. The number of hydrogen-bond donors (Lipinski definition) is 0. The normalized spacial score (nSPS) is 14.3. The van der Waals surface area contributed by atoms with Crippen LogP contribution in [0.25, 0.3) is 0 Å². The molecule has 1 aromatic heterocycles. The Morgan fingerprint density at radius 3 is 2.90 bits per heavy atom. The maximum Gasteiger partial charge on any atom is 0.198 e. The Labute approximate surface area is 118 Å². The zero-order valence-corrected chi connectivity index (χ0v) is 11.6. The molecule has 2 heterocycles. The van der Waals surface area contributed by atoms with Gasteiger partial charge in [0.15, 0.2) is 5.78 Å². The van der Waals surface area contributed by atoms with Crippen molar-refractivity contribution in [2.45, 2.75) is 6.42 Å². The van der Waals surface area contributed by atoms with Crippen LogP contribution >= 0.6 is 0 Å². The Morgan fingerprint density at radius 1 is 1.25 bits per heavy atom. The van der Waals surface area contributed by atoms with Crippen LogP contribution in [0.3, 0.4) is 0 Å². The molecule has 1 aliphatic heterocycles. The Morgan fingerprint density at radius 2 is 2.10 bits per heavy atom. The summed E-state index contributed by atoms with van der Waals surface area (Å²) in [7, 11) is 1.90. The van der Waals surface area contributed by atoms with E-state index in [4.69, 9.17) is 4.74 Å². The van der Waals surface area contributed by atoms with Gasteiger partial charge in [-0.15, -0.1) is 0 Å². The number of rotatable bonds is 3. The van der Waals surface area contributed by atoms with Gasteiger partial charge in [-0.1, -0.05) is 12.1 Å². The standard InChI is InChI=1S/C16H18N2O2/c1-17-9-4-7-13(17)15(19)12-18-10-5-11-20-16-8-3-2-6-14(16)18/h2-4,6-9H,5,10-12H2,1H3. The maximum atomic E-state index is 12.4. The summed E-state index contributed by atoms with van der Waals surface area (Å²) >= 11 is 0. The van der Waals surface area contributed by atoms with Crippen LogP contribution in [-0.2, 0) is 7.05 Å². The molecule has 0 atom stereocenters. The summed E-state index contributed by atoms with van der Waals surface area (Å²) in [6.07, 6.45) is 2.82. The largest absolute Gasteiger partial charge is 0.491 e. The molecule has 2 aromatic rings. The van der Waals surface area contributed by atoms with Crippen molar-refractivity contribution in [3.63, 3.8) is 0 Å². The van der Waals surface area contributed by atoms with Gasteiger partial charge in [-0.05, 0) is 30.7 Å². The number of Topliss-reactive ketones (excluding diaryl/α,β-unsaturated/α-hetero) is 1. The third-order valence-corrected chi connectivity index (χ3v) is 3.60. The number of ketones is 1. The molecule has 0 saturated carbocycles. The van der Waals surface area contributed by atoms with Crippen LogP contribution in [0.2, 0.25) is 0 Å². The molecular weight excluding hydrogens is 252 g/mol. The number of hydrogen-bond acceptors (Lipinski definition) is 3. The molecular formula is C16H18N2O2. The van der Waals surface area contributed by atoms with E-state index >= 15 is 0 Å². The van der Waals surface area contributed by atoms with Crippen LogP contribution in [0, 0.1) is 0 Å². The van der Waals surface area contributed by atoms with Gasteiger partial charge in [-0.2, -0.15) is 0 Å². The van der Waals surface area contributed by atoms with Gasteiger partial charge >= 0.3 is 0 Å². The van der Waals surface area contributed by atoms with Crippen molar-refractivity contribution in [3.8, 4) is 5.75 Å². The molecule has 0 fully saturated rings. The van der Waals surface area contributed by atoms with Crippen LogP contribution in [0.1, 0.15) is 16.9 Å². The van der Waals surface area contributed by atoms with E-state index in [-0.39, 0.29) is 5.78 Å². The molecule has 104 valence electrons. The molecule has 0 bridgehead atoms. The highest BCUT2D eigenvalue weighted by atomic mass is 16.5. The van der Waals surface area contributed by atoms with E-state index in [9.17, 15) is 4.79 Å². The van der Waals surface area contributed by atoms with Gasteiger partial charge in [0.05, 0.1) is 24.5 Å². The highest BCUT2D eigenvalue weighted by Crippen LogP contribution is 2.30. The molecule has 4 nitrogen and oxygen atoms in total. The van der Waals surface area contributed by atoms with Crippen LogP contribution in [-0.4, -0.2) is 30.0 Å². The number of fused-ring (bicyclic) bond motifs is 1. The summed E-state index contributed by atoms with van der Waals surface area (Å²) in [6.45, 7) is 1.93. The third-order valence-electron chi connectivity index (χ3n) is 3.60. The Kier molecular flexibility index (Phi) is 3.46. The topological polar surface area (TPSA) is 34.5 Å². The monoisotopic (exact) mass is 270 g/mol. The second-order valence-electron chi connectivity index (χ2n) is 5.02. The second kappa shape index (κ2) is 5.41. The highest BCUT2D eigenvalue weighted by Gasteiger charge is 2.19. The van der Waals surface area contributed by atoms with E-state index in [0.29, 0.717) is 13.2 Å². The van der Waals surface area contributed by atoms with E-state index in [2.05, 4.69) is 4.90 Å². The lowest BCUT2D eigenvalue weighted by Crippen LogP contribution is -2.31. The number of benzene rings is 1. The predicted octanol–water partition coefficient (Wildman–Crippen LogP) is 2.50. The average molecular weight is 270 g/mol. The minimum absolute atomic E-state index is 0.134. The molecule has 4 heteroatoms. The first-order valence-electron chi connectivity index (χ1n) is 6.87. The highest BCUT2D eigenvalue weighted by molar-refractivity contribution is 5.98. The van der Waals surface area contributed by atoms with Crippen LogP contribution < -0.4 is 9.64 Å². The number of aromatic nitrogens is 1. The van der Waals surface area contributed by atoms with Crippen molar-refractivity contribution in [1.29, 1.82) is 0 Å². The first-order chi connectivity index (χ1) is 9.75. The molecule has 0 radical (unpaired) electrons. The van der Waals surface area contributed by atoms with E-state index in [1.807, 2.05) is 54.2 Å². The lowest BCUT2D eigenvalue weighted by molar-refractivity contribution is 0.0991. The average Bonchev–Trinajstić information content (AvgIpc) is 2.78. The van der Waals surface area contributed by atoms with Gasteiger partial charge in [0, 0.05) is 19.8 Å². The van der Waals surface area contributed by atoms with Crippen molar-refractivity contribution in [3.05, 3.63) is 48.3 Å². The van der Waals surface area contributed by atoms with E-state index in [0.717, 1.165) is 30.1 Å². The summed E-state index contributed by atoms with van der Waals surface area (Å²) in [4.78, 5) is 14.5. The number of aryl methyl sites for hydroxylation is 1. The quantitative estimate of drug-likeness (QED) is 0.804. The Balaban J connectivity index is 1.84. The van der Waals surface area contributed by atoms with Crippen LogP contribution in [0.15, 0.2) is 42.6 Å². The second-order valence-corrected chi connectivity index (χ2v) is 5.02. The molecule has 0 spiro atoms. The fourth-order valence-electron chi connectivity index (χ4n) is 2.57. The van der Waals surface area contributed by atoms with Crippen LogP contribution in [0.5, 0.6) is 5.75 Å². The summed E-state index contributed by atoms with van der Waals surface area (Å²) in [5, 5.41) is 0. The van der Waals surface area contributed by atoms with Crippen LogP contribution in [0.4, 0.5) is 5.69 Å². The Bertz CT molecular complexity index is 618. The zero-order valence-electron chi connectivity index (χ0n) is 11.6. The van der Waals surface area contributed by atoms with Gasteiger partial charge in [-0.3, -0.25) is 4.79 Å². The number of nitrogens with zero attached hydrogens (tertiary/aromatic N) is 2.